The Morgan fingerprint density at radius 3 is 2.52 bits per heavy atom. The van der Waals surface area contributed by atoms with Crippen LogP contribution in [0.3, 0.4) is 0 Å². The monoisotopic (exact) mass is 345 g/mol. The normalized spacial score (nSPS) is 20.2. The van der Waals surface area contributed by atoms with Gasteiger partial charge in [0.15, 0.2) is 0 Å². The van der Waals surface area contributed by atoms with Crippen LogP contribution in [0.1, 0.15) is 43.2 Å². The second-order valence-electron chi connectivity index (χ2n) is 6.50. The fourth-order valence-electron chi connectivity index (χ4n) is 2.76. The van der Waals surface area contributed by atoms with Crippen molar-refractivity contribution < 1.29 is 19.1 Å². The van der Waals surface area contributed by atoms with Crippen LogP contribution in [-0.2, 0) is 22.7 Å². The maximum absolute atomic E-state index is 12.3. The van der Waals surface area contributed by atoms with Crippen LogP contribution in [0.5, 0.6) is 5.75 Å². The van der Waals surface area contributed by atoms with E-state index in [0.717, 1.165) is 16.9 Å². The predicted molar refractivity (Wildman–Crippen MR) is 90.8 cm³/mol. The lowest BCUT2D eigenvalue weighted by Crippen LogP contribution is -2.32. The van der Waals surface area contributed by atoms with E-state index in [0.29, 0.717) is 19.5 Å². The van der Waals surface area contributed by atoms with Gasteiger partial charge in [0.1, 0.15) is 11.8 Å². The molecule has 0 radical (unpaired) electrons. The molecular weight excluding hydrogens is 322 g/mol. The number of benzene rings is 1. The van der Waals surface area contributed by atoms with E-state index in [1.54, 1.807) is 12.0 Å². The van der Waals surface area contributed by atoms with Crippen molar-refractivity contribution in [3.63, 3.8) is 0 Å². The first-order valence-electron chi connectivity index (χ1n) is 8.62. The molecule has 4 amide bonds. The first kappa shape index (κ1) is 17.3. The zero-order valence-corrected chi connectivity index (χ0v) is 14.3. The van der Waals surface area contributed by atoms with Crippen molar-refractivity contribution in [2.75, 3.05) is 7.11 Å². The van der Waals surface area contributed by atoms with E-state index in [9.17, 15) is 14.4 Å². The van der Waals surface area contributed by atoms with Gasteiger partial charge in [-0.2, -0.15) is 0 Å². The molecule has 25 heavy (non-hydrogen) atoms. The minimum Gasteiger partial charge on any atom is -0.497 e. The number of ether oxygens (including phenoxy) is 1. The summed E-state index contributed by atoms with van der Waals surface area (Å²) < 4.78 is 5.18. The van der Waals surface area contributed by atoms with Gasteiger partial charge in [0.05, 0.1) is 7.11 Å². The third-order valence-electron chi connectivity index (χ3n) is 4.35. The van der Waals surface area contributed by atoms with Gasteiger partial charge in [0.25, 0.3) is 5.91 Å². The van der Waals surface area contributed by atoms with Crippen LogP contribution in [0.2, 0.25) is 0 Å². The highest BCUT2D eigenvalue weighted by molar-refractivity contribution is 6.04. The van der Waals surface area contributed by atoms with Crippen LogP contribution >= 0.6 is 0 Å². The van der Waals surface area contributed by atoms with Crippen LogP contribution in [0, 0.1) is 0 Å². The second kappa shape index (κ2) is 7.55. The number of amides is 4. The molecule has 1 aliphatic carbocycles. The van der Waals surface area contributed by atoms with Gasteiger partial charge in [-0.05, 0) is 29.7 Å². The number of hydrogen-bond acceptors (Lipinski definition) is 4. The summed E-state index contributed by atoms with van der Waals surface area (Å²) in [6.45, 7) is 1.12. The Balaban J connectivity index is 0.000000549. The lowest BCUT2D eigenvalue weighted by molar-refractivity contribution is -0.132. The van der Waals surface area contributed by atoms with Gasteiger partial charge in [-0.15, -0.1) is 0 Å². The molecule has 2 N–H and O–H groups in total. The number of fused-ring (bicyclic) bond motifs is 1. The number of imide groups is 1. The minimum atomic E-state index is -0.610. The molecule has 1 saturated heterocycles. The van der Waals surface area contributed by atoms with E-state index in [4.69, 9.17) is 4.74 Å². The van der Waals surface area contributed by atoms with Crippen molar-refractivity contribution in [3.05, 3.63) is 29.3 Å². The van der Waals surface area contributed by atoms with Gasteiger partial charge >= 0.3 is 6.03 Å². The predicted octanol–water partition coefficient (Wildman–Crippen LogP) is 1.70. The standard InChI is InChI=1S/C15H17N3O4.C3H6/c1-22-11-3-2-9-7-18(8-10(9)6-11)13(19)5-4-12-14(20)17-15(21)16-12;1-2-3-1/h2-3,6,12H,4-5,7-8H2,1H3,(H2,16,17,20,21);1-3H2. The molecule has 7 heteroatoms. The van der Waals surface area contributed by atoms with Gasteiger partial charge < -0.3 is 15.0 Å². The Morgan fingerprint density at radius 1 is 1.20 bits per heavy atom. The largest absolute Gasteiger partial charge is 0.497 e. The number of nitrogens with one attached hydrogen (secondary N) is 2. The number of methoxy groups -OCH3 is 1. The van der Waals surface area contributed by atoms with E-state index >= 15 is 0 Å². The van der Waals surface area contributed by atoms with E-state index in [2.05, 4.69) is 10.6 Å². The maximum atomic E-state index is 12.3. The molecule has 0 bridgehead atoms. The topological polar surface area (TPSA) is 87.7 Å². The number of nitrogens with zero attached hydrogens (tertiary/aromatic N) is 1. The molecular formula is C18H23N3O4. The van der Waals surface area contributed by atoms with E-state index in [1.807, 2.05) is 18.2 Å². The van der Waals surface area contributed by atoms with Gasteiger partial charge in [0, 0.05) is 19.5 Å². The highest BCUT2D eigenvalue weighted by Crippen LogP contribution is 2.27. The average molecular weight is 345 g/mol. The quantitative estimate of drug-likeness (QED) is 0.813. The second-order valence-corrected chi connectivity index (χ2v) is 6.50. The highest BCUT2D eigenvalue weighted by atomic mass is 16.5. The van der Waals surface area contributed by atoms with Crippen molar-refractivity contribution in [1.29, 1.82) is 0 Å². The van der Waals surface area contributed by atoms with E-state index < -0.39 is 12.1 Å². The molecule has 0 aromatic heterocycles. The fourth-order valence-corrected chi connectivity index (χ4v) is 2.76. The van der Waals surface area contributed by atoms with Crippen LogP contribution in [0.15, 0.2) is 18.2 Å². The Bertz CT molecular complexity index is 684. The summed E-state index contributed by atoms with van der Waals surface area (Å²) in [6, 6.07) is 4.68. The molecule has 2 fully saturated rings. The molecule has 1 aromatic rings. The minimum absolute atomic E-state index is 0.0240. The molecule has 1 saturated carbocycles. The van der Waals surface area contributed by atoms with Gasteiger partial charge in [-0.3, -0.25) is 14.9 Å². The summed E-state index contributed by atoms with van der Waals surface area (Å²) in [4.78, 5) is 36.5. The van der Waals surface area contributed by atoms with Crippen LogP contribution in [0.4, 0.5) is 4.79 Å². The molecule has 3 aliphatic rings. The van der Waals surface area contributed by atoms with Crippen LogP contribution in [-0.4, -0.2) is 35.9 Å². The molecule has 2 heterocycles. The van der Waals surface area contributed by atoms with Crippen molar-refractivity contribution in [2.24, 2.45) is 0 Å². The molecule has 1 aromatic carbocycles. The third kappa shape index (κ3) is 4.49. The van der Waals surface area contributed by atoms with E-state index in [-0.39, 0.29) is 18.2 Å². The first-order valence-corrected chi connectivity index (χ1v) is 8.62. The summed E-state index contributed by atoms with van der Waals surface area (Å²) in [7, 11) is 1.61. The SMILES string of the molecule is C1CC1.COc1ccc2c(c1)CN(C(=O)CCC1NC(=O)NC1=O)C2. The first-order chi connectivity index (χ1) is 12.1. The zero-order chi connectivity index (χ0) is 17.8. The lowest BCUT2D eigenvalue weighted by atomic mass is 10.1. The number of carbonyl (C=O) groups is 3. The smallest absolute Gasteiger partial charge is 0.322 e. The summed E-state index contributed by atoms with van der Waals surface area (Å²) in [5, 5.41) is 4.65. The third-order valence-corrected chi connectivity index (χ3v) is 4.35. The lowest BCUT2D eigenvalue weighted by Gasteiger charge is -2.16. The molecule has 0 spiro atoms. The summed E-state index contributed by atoms with van der Waals surface area (Å²) >= 11 is 0. The van der Waals surface area contributed by atoms with Crippen molar-refractivity contribution in [2.45, 2.75) is 51.2 Å². The van der Waals surface area contributed by atoms with Crippen molar-refractivity contribution in [1.82, 2.24) is 15.5 Å². The van der Waals surface area contributed by atoms with Crippen molar-refractivity contribution in [3.8, 4) is 5.75 Å². The number of hydrogen-bond donors (Lipinski definition) is 2. The summed E-state index contributed by atoms with van der Waals surface area (Å²) in [5.74, 6) is 0.384. The molecule has 7 nitrogen and oxygen atoms in total. The van der Waals surface area contributed by atoms with E-state index in [1.165, 1.54) is 19.3 Å². The number of urea groups is 1. The maximum Gasteiger partial charge on any atom is 0.322 e. The number of rotatable bonds is 4. The molecule has 1 atom stereocenters. The molecule has 2 aliphatic heterocycles. The highest BCUT2D eigenvalue weighted by Gasteiger charge is 2.31. The van der Waals surface area contributed by atoms with Gasteiger partial charge in [0.2, 0.25) is 5.91 Å². The summed E-state index contributed by atoms with van der Waals surface area (Å²) in [5.41, 5.74) is 2.20. The Morgan fingerprint density at radius 2 is 1.92 bits per heavy atom. The molecule has 1 unspecified atom stereocenters. The molecule has 4 rings (SSSR count). The molecule has 134 valence electrons. The van der Waals surface area contributed by atoms with Gasteiger partial charge in [-0.1, -0.05) is 25.3 Å². The van der Waals surface area contributed by atoms with Crippen LogP contribution in [0.25, 0.3) is 0 Å². The Hall–Kier alpha value is -2.57. The summed E-state index contributed by atoms with van der Waals surface area (Å²) in [6.07, 6.45) is 5.04. The Labute approximate surface area is 146 Å². The zero-order valence-electron chi connectivity index (χ0n) is 14.3. The van der Waals surface area contributed by atoms with Crippen LogP contribution < -0.4 is 15.4 Å². The number of carbonyl (C=O) groups excluding carboxylic acids is 3. The van der Waals surface area contributed by atoms with Gasteiger partial charge in [-0.25, -0.2) is 4.79 Å². The Kier molecular flexibility index (Phi) is 5.21. The average Bonchev–Trinajstić information content (AvgIpc) is 3.37. The fraction of sp³-hybridized carbons (Fsp3) is 0.500. The van der Waals surface area contributed by atoms with Crippen molar-refractivity contribution >= 4 is 17.8 Å².